The quantitative estimate of drug-likeness (QED) is 0.590. The Morgan fingerprint density at radius 3 is 2.44 bits per heavy atom. The van der Waals surface area contributed by atoms with E-state index in [-0.39, 0.29) is 0 Å². The zero-order valence-corrected chi connectivity index (χ0v) is 10.6. The van der Waals surface area contributed by atoms with E-state index in [4.69, 9.17) is 5.73 Å². The SMILES string of the molecule is C/C=C\C(=C/C)Nc1cccc(N)c1.CC. The standard InChI is InChI=1S/C12H16N2.C2H6/c1-3-6-11(4-2)14-12-8-5-7-10(13)9-12;1-2/h3-9,14H,13H2,1-2H3;1-2H3/b6-3-,11-4+;. The smallest absolute Gasteiger partial charge is 0.0404 e. The summed E-state index contributed by atoms with van der Waals surface area (Å²) in [6.45, 7) is 7.99. The summed E-state index contributed by atoms with van der Waals surface area (Å²) in [5, 5.41) is 3.26. The number of anilines is 2. The van der Waals surface area contributed by atoms with Gasteiger partial charge in [0, 0.05) is 17.1 Å². The van der Waals surface area contributed by atoms with E-state index in [9.17, 15) is 0 Å². The van der Waals surface area contributed by atoms with Gasteiger partial charge in [-0.3, -0.25) is 0 Å². The molecule has 0 aliphatic rings. The van der Waals surface area contributed by atoms with Gasteiger partial charge in [0.25, 0.3) is 0 Å². The largest absolute Gasteiger partial charge is 0.399 e. The van der Waals surface area contributed by atoms with Crippen molar-refractivity contribution in [2.45, 2.75) is 27.7 Å². The molecular weight excluding hydrogens is 196 g/mol. The van der Waals surface area contributed by atoms with Gasteiger partial charge in [-0.1, -0.05) is 32.1 Å². The summed E-state index contributed by atoms with van der Waals surface area (Å²) in [7, 11) is 0. The predicted molar refractivity (Wildman–Crippen MR) is 74.4 cm³/mol. The van der Waals surface area contributed by atoms with Crippen molar-refractivity contribution in [2.75, 3.05) is 11.1 Å². The van der Waals surface area contributed by atoms with Crippen LogP contribution in [0.2, 0.25) is 0 Å². The van der Waals surface area contributed by atoms with E-state index < -0.39 is 0 Å². The van der Waals surface area contributed by atoms with Crippen molar-refractivity contribution >= 4 is 11.4 Å². The minimum atomic E-state index is 0.769. The molecule has 0 fully saturated rings. The third-order valence-corrected chi connectivity index (χ3v) is 1.83. The second-order valence-corrected chi connectivity index (χ2v) is 2.99. The van der Waals surface area contributed by atoms with Crippen LogP contribution in [0.4, 0.5) is 11.4 Å². The lowest BCUT2D eigenvalue weighted by Crippen LogP contribution is -1.96. The number of nitrogens with one attached hydrogen (secondary N) is 1. The van der Waals surface area contributed by atoms with Gasteiger partial charge in [0.05, 0.1) is 0 Å². The Hall–Kier alpha value is -1.70. The van der Waals surface area contributed by atoms with Crippen molar-refractivity contribution in [3.05, 3.63) is 48.2 Å². The molecule has 16 heavy (non-hydrogen) atoms. The van der Waals surface area contributed by atoms with Crippen LogP contribution < -0.4 is 11.1 Å². The van der Waals surface area contributed by atoms with Crippen molar-refractivity contribution < 1.29 is 0 Å². The molecule has 0 heterocycles. The molecule has 0 radical (unpaired) electrons. The molecule has 2 nitrogen and oxygen atoms in total. The predicted octanol–water partition coefficient (Wildman–Crippen LogP) is 4.19. The maximum atomic E-state index is 5.67. The molecule has 0 amide bonds. The van der Waals surface area contributed by atoms with Gasteiger partial charge in [0.15, 0.2) is 0 Å². The number of benzene rings is 1. The lowest BCUT2D eigenvalue weighted by Gasteiger charge is -2.07. The number of nitrogen functional groups attached to an aromatic ring is 1. The Morgan fingerprint density at radius 1 is 1.25 bits per heavy atom. The minimum Gasteiger partial charge on any atom is -0.399 e. The van der Waals surface area contributed by atoms with Crippen LogP contribution in [0.5, 0.6) is 0 Å². The third-order valence-electron chi connectivity index (χ3n) is 1.83. The third kappa shape index (κ3) is 5.25. The summed E-state index contributed by atoms with van der Waals surface area (Å²) < 4.78 is 0. The Kier molecular flexibility index (Phi) is 7.68. The first kappa shape index (κ1) is 14.3. The average Bonchev–Trinajstić information content (AvgIpc) is 2.31. The maximum absolute atomic E-state index is 5.67. The van der Waals surface area contributed by atoms with Crippen LogP contribution in [0.1, 0.15) is 27.7 Å². The molecule has 2 heteroatoms. The summed E-state index contributed by atoms with van der Waals surface area (Å²) >= 11 is 0. The molecule has 0 aromatic heterocycles. The number of rotatable bonds is 3. The first-order valence-electron chi connectivity index (χ1n) is 5.68. The summed E-state index contributed by atoms with van der Waals surface area (Å²) in [5.74, 6) is 0. The second-order valence-electron chi connectivity index (χ2n) is 2.99. The first-order valence-corrected chi connectivity index (χ1v) is 5.68. The fourth-order valence-corrected chi connectivity index (χ4v) is 1.17. The molecule has 0 unspecified atom stereocenters. The van der Waals surface area contributed by atoms with E-state index in [1.807, 2.05) is 70.2 Å². The van der Waals surface area contributed by atoms with E-state index in [0.717, 1.165) is 17.1 Å². The highest BCUT2D eigenvalue weighted by Crippen LogP contribution is 2.14. The van der Waals surface area contributed by atoms with Crippen LogP contribution in [-0.2, 0) is 0 Å². The molecule has 0 spiro atoms. The van der Waals surface area contributed by atoms with Gasteiger partial charge in [-0.15, -0.1) is 0 Å². The number of hydrogen-bond acceptors (Lipinski definition) is 2. The van der Waals surface area contributed by atoms with Gasteiger partial charge in [-0.05, 0) is 38.1 Å². The van der Waals surface area contributed by atoms with E-state index in [1.54, 1.807) is 0 Å². The van der Waals surface area contributed by atoms with Crippen LogP contribution in [-0.4, -0.2) is 0 Å². The van der Waals surface area contributed by atoms with Crippen LogP contribution >= 0.6 is 0 Å². The lowest BCUT2D eigenvalue weighted by atomic mass is 10.2. The molecule has 3 N–H and O–H groups in total. The summed E-state index contributed by atoms with van der Waals surface area (Å²) in [5.41, 5.74) is 8.52. The molecule has 1 aromatic rings. The van der Waals surface area contributed by atoms with E-state index in [1.165, 1.54) is 0 Å². The average molecular weight is 218 g/mol. The molecule has 1 aromatic carbocycles. The summed E-state index contributed by atoms with van der Waals surface area (Å²) in [6.07, 6.45) is 6.03. The second kappa shape index (κ2) is 8.60. The molecule has 0 saturated carbocycles. The lowest BCUT2D eigenvalue weighted by molar-refractivity contribution is 1.43. The van der Waals surface area contributed by atoms with Gasteiger partial charge < -0.3 is 11.1 Å². The van der Waals surface area contributed by atoms with Crippen LogP contribution in [0.15, 0.2) is 48.2 Å². The van der Waals surface area contributed by atoms with Crippen molar-refractivity contribution in [3.8, 4) is 0 Å². The van der Waals surface area contributed by atoms with Gasteiger partial charge in [0.2, 0.25) is 0 Å². The summed E-state index contributed by atoms with van der Waals surface area (Å²) in [6, 6.07) is 7.70. The van der Waals surface area contributed by atoms with Crippen molar-refractivity contribution in [1.29, 1.82) is 0 Å². The Morgan fingerprint density at radius 2 is 1.94 bits per heavy atom. The molecular formula is C14H22N2. The molecule has 88 valence electrons. The van der Waals surface area contributed by atoms with Gasteiger partial charge in [0.1, 0.15) is 0 Å². The van der Waals surface area contributed by atoms with E-state index in [0.29, 0.717) is 0 Å². The highest BCUT2D eigenvalue weighted by atomic mass is 14.9. The Bertz CT molecular complexity index is 352. The van der Waals surface area contributed by atoms with Crippen molar-refractivity contribution in [1.82, 2.24) is 0 Å². The fraction of sp³-hybridized carbons (Fsp3) is 0.286. The normalized spacial score (nSPS) is 10.9. The highest BCUT2D eigenvalue weighted by molar-refractivity contribution is 5.57. The van der Waals surface area contributed by atoms with Gasteiger partial charge in [-0.2, -0.15) is 0 Å². The number of allylic oxidation sites excluding steroid dienone is 3. The van der Waals surface area contributed by atoms with E-state index >= 15 is 0 Å². The van der Waals surface area contributed by atoms with Crippen molar-refractivity contribution in [3.63, 3.8) is 0 Å². The monoisotopic (exact) mass is 218 g/mol. The van der Waals surface area contributed by atoms with Crippen LogP contribution in [0.25, 0.3) is 0 Å². The maximum Gasteiger partial charge on any atom is 0.0404 e. The van der Waals surface area contributed by atoms with E-state index in [2.05, 4.69) is 5.32 Å². The fourth-order valence-electron chi connectivity index (χ4n) is 1.17. The number of nitrogens with two attached hydrogens (primary N) is 1. The zero-order chi connectivity index (χ0) is 12.4. The Balaban J connectivity index is 0.00000106. The molecule has 0 aliphatic carbocycles. The minimum absolute atomic E-state index is 0.769. The van der Waals surface area contributed by atoms with Crippen LogP contribution in [0, 0.1) is 0 Å². The topological polar surface area (TPSA) is 38.0 Å². The van der Waals surface area contributed by atoms with Gasteiger partial charge >= 0.3 is 0 Å². The Labute approximate surface area is 98.9 Å². The summed E-state index contributed by atoms with van der Waals surface area (Å²) in [4.78, 5) is 0. The molecule has 0 saturated heterocycles. The molecule has 0 bridgehead atoms. The molecule has 0 atom stereocenters. The van der Waals surface area contributed by atoms with Crippen LogP contribution in [0.3, 0.4) is 0 Å². The molecule has 1 rings (SSSR count). The van der Waals surface area contributed by atoms with Gasteiger partial charge in [-0.25, -0.2) is 0 Å². The highest BCUT2D eigenvalue weighted by Gasteiger charge is 1.93. The first-order chi connectivity index (χ1) is 7.76. The molecule has 0 aliphatic heterocycles. The van der Waals surface area contributed by atoms with Crippen molar-refractivity contribution in [2.24, 2.45) is 0 Å². The number of hydrogen-bond donors (Lipinski definition) is 2. The zero-order valence-electron chi connectivity index (χ0n) is 10.6.